The van der Waals surface area contributed by atoms with Crippen LogP contribution in [0.2, 0.25) is 0 Å². The summed E-state index contributed by atoms with van der Waals surface area (Å²) in [6.07, 6.45) is 3.58. The van der Waals surface area contributed by atoms with Gasteiger partial charge in [-0.25, -0.2) is 14.4 Å². The number of hydrogen-bond donors (Lipinski definition) is 6. The average molecular weight is 953 g/mol. The molecule has 2 atom stereocenters. The van der Waals surface area contributed by atoms with Gasteiger partial charge in [-0.15, -0.1) is 0 Å². The number of rotatable bonds is 21. The number of ether oxygens (including phenoxy) is 1. The molecule has 0 aliphatic carbocycles. The van der Waals surface area contributed by atoms with Crippen molar-refractivity contribution in [1.82, 2.24) is 30.8 Å². The van der Waals surface area contributed by atoms with E-state index in [9.17, 15) is 29.1 Å². The number of carbonyl (C=O) groups is 5. The number of pyridine rings is 2. The molecule has 279 valence electrons. The Bertz CT molecular complexity index is 1270. The zero-order valence-electron chi connectivity index (χ0n) is 27.2. The molecule has 2 heterocycles. The maximum Gasteiger partial charge on any atom is 0 e. The number of carbonyl (C=O) groups excluding carboxylic acids is 2. The molecule has 2 aromatic heterocycles. The minimum atomic E-state index is -1.48. The molecule has 0 aliphatic rings. The van der Waals surface area contributed by atoms with Crippen LogP contribution in [0.1, 0.15) is 49.9 Å². The minimum Gasteiger partial charge on any atom is 0 e. The number of aliphatic carboxylic acids is 3. The summed E-state index contributed by atoms with van der Waals surface area (Å²) in [5.41, 5.74) is 1.75. The number of aromatic nitrogens is 2. The van der Waals surface area contributed by atoms with Gasteiger partial charge in [0, 0.05) is 58.9 Å². The van der Waals surface area contributed by atoms with Crippen molar-refractivity contribution in [2.75, 3.05) is 19.9 Å². The van der Waals surface area contributed by atoms with E-state index < -0.39 is 42.4 Å². The molecule has 0 bridgehead atoms. The zero-order valence-corrected chi connectivity index (χ0v) is 31.5. The molecule has 0 fully saturated rings. The quantitative estimate of drug-likeness (QED) is 0.0346. The van der Waals surface area contributed by atoms with Gasteiger partial charge in [-0.3, -0.25) is 24.5 Å². The van der Waals surface area contributed by atoms with Crippen LogP contribution in [0.3, 0.4) is 0 Å². The van der Waals surface area contributed by atoms with Gasteiger partial charge in [0.05, 0.1) is 31.1 Å². The number of unbranched alkanes of at least 4 members (excludes halogenated alkanes) is 1. The van der Waals surface area contributed by atoms with Crippen molar-refractivity contribution in [3.63, 3.8) is 0 Å². The fourth-order valence-electron chi connectivity index (χ4n) is 3.88. The third kappa shape index (κ3) is 28.2. The summed E-state index contributed by atoms with van der Waals surface area (Å²) in [6.45, 7) is 15.3. The molecule has 20 heteroatoms. The minimum absolute atomic E-state index is 0. The van der Waals surface area contributed by atoms with E-state index in [-0.39, 0.29) is 75.9 Å². The number of nitrogens with one attached hydrogen (secondary N) is 3. The van der Waals surface area contributed by atoms with Crippen LogP contribution in [0.5, 0.6) is 0 Å². The average Bonchev–Trinajstić information content (AvgIpc) is 3.11. The first-order valence-corrected chi connectivity index (χ1v) is 14.4. The molecule has 0 saturated heterocycles. The van der Waals surface area contributed by atoms with Crippen LogP contribution in [0.4, 0.5) is 4.79 Å². The number of urea groups is 1. The van der Waals surface area contributed by atoms with E-state index in [2.05, 4.69) is 45.9 Å². The van der Waals surface area contributed by atoms with Crippen molar-refractivity contribution < 1.29 is 95.4 Å². The third-order valence-corrected chi connectivity index (χ3v) is 6.07. The molecule has 0 spiro atoms. The van der Waals surface area contributed by atoms with Gasteiger partial charge in [0.15, 0.2) is 0 Å². The second-order valence-corrected chi connectivity index (χ2v) is 9.59. The van der Waals surface area contributed by atoms with Crippen LogP contribution in [-0.4, -0.2) is 92.0 Å². The summed E-state index contributed by atoms with van der Waals surface area (Å²) in [5.74, 6) is -4.20. The van der Waals surface area contributed by atoms with Gasteiger partial charge in [0.1, 0.15) is 12.1 Å². The number of nitrogens with zero attached hydrogens (tertiary/aromatic N) is 3. The number of amides is 3. The van der Waals surface area contributed by atoms with Crippen LogP contribution in [-0.2, 0) is 71.4 Å². The van der Waals surface area contributed by atoms with E-state index in [1.54, 1.807) is 12.4 Å². The first-order valence-electron chi connectivity index (χ1n) is 14.4. The molecule has 51 heavy (non-hydrogen) atoms. The standard InChI is InChI=1S/C28H38N6O9.3CO.BrH.Re/c35-24(12-16-43-19-34(17-20-7-1-4-13-29-20)18-21-8-2-5-14-30-21)31-15-6-3-9-22(26(38)39)32-28(42)33-23(27(40)41)10-11-25(36)37;3*1-2;;/h1-2,4-5,7-8,13-14,22-23H,3,6,9-12,15-19H2,(H,31,35)(H,36,37)(H,38,39)(H,40,41)(H2,32,33,42);;;;1H;/p-1/t22-,23-;;;;;/m0...../s1. The summed E-state index contributed by atoms with van der Waals surface area (Å²) in [4.78, 5) is 68.4. The van der Waals surface area contributed by atoms with Crippen molar-refractivity contribution in [3.8, 4) is 0 Å². The molecular weight excluding hydrogens is 914 g/mol. The molecular formula is C31H38BrN6O12Re-. The molecule has 0 unspecified atom stereocenters. The van der Waals surface area contributed by atoms with Gasteiger partial charge in [-0.05, 0) is 49.9 Å². The van der Waals surface area contributed by atoms with Crippen LogP contribution >= 0.6 is 0 Å². The van der Waals surface area contributed by atoms with E-state index in [0.29, 0.717) is 32.5 Å². The van der Waals surface area contributed by atoms with Gasteiger partial charge in [0.25, 0.3) is 0 Å². The van der Waals surface area contributed by atoms with Crippen molar-refractivity contribution >= 4 is 29.8 Å². The van der Waals surface area contributed by atoms with Gasteiger partial charge >= 0.3 is 57.8 Å². The van der Waals surface area contributed by atoms with E-state index in [0.717, 1.165) is 11.4 Å². The van der Waals surface area contributed by atoms with Gasteiger partial charge in [-0.1, -0.05) is 12.1 Å². The fourth-order valence-corrected chi connectivity index (χ4v) is 3.88. The maximum atomic E-state index is 12.2. The molecule has 0 saturated carbocycles. The predicted octanol–water partition coefficient (Wildman–Crippen LogP) is -1.91. The van der Waals surface area contributed by atoms with Crippen LogP contribution < -0.4 is 32.9 Å². The second-order valence-electron chi connectivity index (χ2n) is 9.59. The number of carboxylic acid groups (broad SMARTS) is 3. The Morgan fingerprint density at radius 2 is 1.25 bits per heavy atom. The second kappa shape index (κ2) is 35.6. The maximum absolute atomic E-state index is 12.2. The molecule has 18 nitrogen and oxygen atoms in total. The van der Waals surface area contributed by atoms with E-state index in [1.807, 2.05) is 41.3 Å². The third-order valence-electron chi connectivity index (χ3n) is 6.07. The first-order chi connectivity index (χ1) is 23.6. The normalized spacial score (nSPS) is 10.4. The van der Waals surface area contributed by atoms with Crippen molar-refractivity contribution in [3.05, 3.63) is 80.1 Å². The number of halogens is 1. The molecule has 6 N–H and O–H groups in total. The summed E-state index contributed by atoms with van der Waals surface area (Å²) < 4.78 is 28.2. The van der Waals surface area contributed by atoms with Crippen molar-refractivity contribution in [2.45, 2.75) is 63.7 Å². The summed E-state index contributed by atoms with van der Waals surface area (Å²) in [6, 6.07) is 7.54. The Balaban J connectivity index is -0.00000131. The van der Waals surface area contributed by atoms with Gasteiger partial charge < -0.3 is 53.0 Å². The molecule has 1 radical (unpaired) electrons. The van der Waals surface area contributed by atoms with Crippen molar-refractivity contribution in [2.24, 2.45) is 0 Å². The van der Waals surface area contributed by atoms with E-state index in [4.69, 9.17) is 28.9 Å². The van der Waals surface area contributed by atoms with Gasteiger partial charge in [-0.2, -0.15) is 0 Å². The predicted molar refractivity (Wildman–Crippen MR) is 163 cm³/mol. The molecule has 2 aromatic rings. The SMILES string of the molecule is O=C(O)CC[C@H](NC(=O)N[C@@H](CCCCNC(=O)CCOCN(Cc1ccccn1)Cc1ccccn1)C(=O)O)C(=O)O.[Br-].[C-]#[O+].[C-]#[O+].[C-]#[O+].[Re]. The first kappa shape index (κ1) is 53.5. The Labute approximate surface area is 318 Å². The summed E-state index contributed by atoms with van der Waals surface area (Å²) >= 11 is 0. The largest absolute Gasteiger partial charge is 0 e. The molecule has 2 rings (SSSR count). The Kier molecular flexibility index (Phi) is 37.3. The monoisotopic (exact) mass is 952 g/mol. The fraction of sp³-hybridized carbons (Fsp3) is 0.419. The molecule has 3 amide bonds. The van der Waals surface area contributed by atoms with Crippen LogP contribution in [0.25, 0.3) is 0 Å². The summed E-state index contributed by atoms with van der Waals surface area (Å²) in [7, 11) is 0. The number of hydrogen-bond acceptors (Lipinski definition) is 9. The molecule has 0 aromatic carbocycles. The van der Waals surface area contributed by atoms with Gasteiger partial charge in [0.2, 0.25) is 5.91 Å². The Morgan fingerprint density at radius 1 is 0.765 bits per heavy atom. The van der Waals surface area contributed by atoms with E-state index in [1.165, 1.54) is 0 Å². The van der Waals surface area contributed by atoms with Crippen LogP contribution in [0, 0.1) is 20.0 Å². The molecule has 0 aliphatic heterocycles. The smallest absolute Gasteiger partial charge is 0 e. The summed E-state index contributed by atoms with van der Waals surface area (Å²) in [5, 5.41) is 34.2. The Morgan fingerprint density at radius 3 is 1.69 bits per heavy atom. The van der Waals surface area contributed by atoms with Crippen LogP contribution in [0.15, 0.2) is 48.8 Å². The Hall–Kier alpha value is -4.27. The number of carboxylic acids is 3. The van der Waals surface area contributed by atoms with Crippen molar-refractivity contribution in [1.29, 1.82) is 0 Å². The topological polar surface area (TPSA) is 280 Å². The van der Waals surface area contributed by atoms with E-state index >= 15 is 0 Å². The zero-order chi connectivity index (χ0) is 37.5.